The highest BCUT2D eigenvalue weighted by atomic mass is 16.6. The second-order valence-corrected chi connectivity index (χ2v) is 7.00. The molecule has 1 aliphatic rings. The molecule has 2 amide bonds. The number of ether oxygens (including phenoxy) is 2. The number of hydrogen-bond acceptors (Lipinski definition) is 5. The number of aromatic nitrogens is 1. The molecule has 1 aromatic heterocycles. The van der Waals surface area contributed by atoms with Gasteiger partial charge in [0.05, 0.1) is 13.2 Å². The number of hydrogen-bond donors (Lipinski definition) is 0. The van der Waals surface area contributed by atoms with Crippen LogP contribution in [0.5, 0.6) is 0 Å². The molecule has 0 spiro atoms. The fourth-order valence-corrected chi connectivity index (χ4v) is 2.47. The molecular formula is C18H27N3O4. The van der Waals surface area contributed by atoms with Crippen molar-refractivity contribution in [2.75, 3.05) is 32.8 Å². The van der Waals surface area contributed by atoms with Gasteiger partial charge in [0.25, 0.3) is 0 Å². The Morgan fingerprint density at radius 3 is 2.48 bits per heavy atom. The van der Waals surface area contributed by atoms with Gasteiger partial charge in [-0.25, -0.2) is 4.79 Å². The van der Waals surface area contributed by atoms with Gasteiger partial charge in [-0.05, 0) is 38.5 Å². The predicted molar refractivity (Wildman–Crippen MR) is 92.9 cm³/mol. The monoisotopic (exact) mass is 349 g/mol. The van der Waals surface area contributed by atoms with Crippen LogP contribution < -0.4 is 0 Å². The summed E-state index contributed by atoms with van der Waals surface area (Å²) < 4.78 is 10.7. The first kappa shape index (κ1) is 19.2. The smallest absolute Gasteiger partial charge is 0.410 e. The molecule has 0 aliphatic carbocycles. The Labute approximate surface area is 148 Å². The summed E-state index contributed by atoms with van der Waals surface area (Å²) >= 11 is 0. The standard InChI is InChI=1S/C18H27N3O4/c1-18(2,3)25-17(23)21(14-15-4-7-19-8-5-15)9-6-16(22)20-10-12-24-13-11-20/h4-5,7-8H,6,9-14H2,1-3H3. The maximum atomic E-state index is 12.5. The summed E-state index contributed by atoms with van der Waals surface area (Å²) in [5.41, 5.74) is 0.363. The van der Waals surface area contributed by atoms with Gasteiger partial charge in [-0.3, -0.25) is 9.78 Å². The van der Waals surface area contributed by atoms with E-state index in [0.29, 0.717) is 39.4 Å². The van der Waals surface area contributed by atoms with E-state index >= 15 is 0 Å². The van der Waals surface area contributed by atoms with Gasteiger partial charge in [-0.2, -0.15) is 0 Å². The fraction of sp³-hybridized carbons (Fsp3) is 0.611. The Morgan fingerprint density at radius 2 is 1.88 bits per heavy atom. The number of morpholine rings is 1. The molecule has 1 saturated heterocycles. The van der Waals surface area contributed by atoms with E-state index in [1.165, 1.54) is 0 Å². The van der Waals surface area contributed by atoms with E-state index in [4.69, 9.17) is 9.47 Å². The molecule has 0 N–H and O–H groups in total. The van der Waals surface area contributed by atoms with Gasteiger partial charge in [-0.1, -0.05) is 0 Å². The number of rotatable bonds is 5. The average Bonchev–Trinajstić information content (AvgIpc) is 2.58. The molecule has 0 bridgehead atoms. The minimum Gasteiger partial charge on any atom is -0.444 e. The lowest BCUT2D eigenvalue weighted by Gasteiger charge is -2.30. The maximum absolute atomic E-state index is 12.5. The van der Waals surface area contributed by atoms with Crippen LogP contribution in [0.4, 0.5) is 4.79 Å². The van der Waals surface area contributed by atoms with Gasteiger partial charge in [0.15, 0.2) is 0 Å². The van der Waals surface area contributed by atoms with Crippen LogP contribution in [0, 0.1) is 0 Å². The number of carbonyl (C=O) groups excluding carboxylic acids is 2. The maximum Gasteiger partial charge on any atom is 0.410 e. The first-order valence-electron chi connectivity index (χ1n) is 8.57. The molecule has 2 heterocycles. The molecule has 1 aliphatic heterocycles. The van der Waals surface area contributed by atoms with Gasteiger partial charge in [0, 0.05) is 45.0 Å². The Kier molecular flexibility index (Phi) is 6.75. The number of pyridine rings is 1. The van der Waals surface area contributed by atoms with Gasteiger partial charge in [0.1, 0.15) is 5.60 Å². The van der Waals surface area contributed by atoms with Crippen LogP contribution in [0.25, 0.3) is 0 Å². The highest BCUT2D eigenvalue weighted by Crippen LogP contribution is 2.13. The Bertz CT molecular complexity index is 565. The van der Waals surface area contributed by atoms with Gasteiger partial charge in [-0.15, -0.1) is 0 Å². The summed E-state index contributed by atoms with van der Waals surface area (Å²) in [6.07, 6.45) is 3.21. The van der Waals surface area contributed by atoms with Crippen molar-refractivity contribution in [1.82, 2.24) is 14.8 Å². The van der Waals surface area contributed by atoms with E-state index in [0.717, 1.165) is 5.56 Å². The predicted octanol–water partition coefficient (Wildman–Crippen LogP) is 2.07. The third kappa shape index (κ3) is 6.70. The fourth-order valence-electron chi connectivity index (χ4n) is 2.47. The van der Waals surface area contributed by atoms with Crippen molar-refractivity contribution in [1.29, 1.82) is 0 Å². The summed E-state index contributed by atoms with van der Waals surface area (Å²) in [6, 6.07) is 3.70. The first-order valence-corrected chi connectivity index (χ1v) is 8.57. The zero-order valence-electron chi connectivity index (χ0n) is 15.2. The van der Waals surface area contributed by atoms with Crippen LogP contribution in [-0.4, -0.2) is 65.2 Å². The average molecular weight is 349 g/mol. The van der Waals surface area contributed by atoms with E-state index in [2.05, 4.69) is 4.98 Å². The molecule has 1 fully saturated rings. The number of amides is 2. The van der Waals surface area contributed by atoms with Crippen molar-refractivity contribution in [3.8, 4) is 0 Å². The zero-order chi connectivity index (χ0) is 18.3. The molecule has 0 unspecified atom stereocenters. The molecule has 7 heteroatoms. The Hall–Kier alpha value is -2.15. The van der Waals surface area contributed by atoms with Crippen LogP contribution >= 0.6 is 0 Å². The lowest BCUT2D eigenvalue weighted by Crippen LogP contribution is -2.43. The zero-order valence-corrected chi connectivity index (χ0v) is 15.2. The molecule has 0 atom stereocenters. The Balaban J connectivity index is 1.97. The molecule has 0 radical (unpaired) electrons. The van der Waals surface area contributed by atoms with E-state index in [1.54, 1.807) is 22.2 Å². The summed E-state index contributed by atoms with van der Waals surface area (Å²) in [5, 5.41) is 0. The number of nitrogens with zero attached hydrogens (tertiary/aromatic N) is 3. The summed E-state index contributed by atoms with van der Waals surface area (Å²) in [4.78, 5) is 32.2. The topological polar surface area (TPSA) is 72.0 Å². The summed E-state index contributed by atoms with van der Waals surface area (Å²) in [5.74, 6) is 0.0339. The minimum atomic E-state index is -0.582. The highest BCUT2D eigenvalue weighted by molar-refractivity contribution is 5.77. The van der Waals surface area contributed by atoms with Crippen LogP contribution in [0.3, 0.4) is 0 Å². The van der Waals surface area contributed by atoms with Gasteiger partial charge < -0.3 is 19.3 Å². The van der Waals surface area contributed by atoms with Crippen LogP contribution in [0.15, 0.2) is 24.5 Å². The van der Waals surface area contributed by atoms with E-state index < -0.39 is 11.7 Å². The van der Waals surface area contributed by atoms with Crippen molar-refractivity contribution in [2.45, 2.75) is 39.3 Å². The van der Waals surface area contributed by atoms with E-state index in [9.17, 15) is 9.59 Å². The lowest BCUT2D eigenvalue weighted by atomic mass is 10.2. The normalized spacial score (nSPS) is 14.9. The lowest BCUT2D eigenvalue weighted by molar-refractivity contribution is -0.135. The van der Waals surface area contributed by atoms with Crippen molar-refractivity contribution in [3.63, 3.8) is 0 Å². The third-order valence-corrected chi connectivity index (χ3v) is 3.73. The van der Waals surface area contributed by atoms with E-state index in [-0.39, 0.29) is 12.3 Å². The summed E-state index contributed by atoms with van der Waals surface area (Å²) in [7, 11) is 0. The Morgan fingerprint density at radius 1 is 1.24 bits per heavy atom. The number of carbonyl (C=O) groups is 2. The highest BCUT2D eigenvalue weighted by Gasteiger charge is 2.24. The second-order valence-electron chi connectivity index (χ2n) is 7.00. The summed E-state index contributed by atoms with van der Waals surface area (Å²) in [6.45, 7) is 8.53. The largest absolute Gasteiger partial charge is 0.444 e. The van der Waals surface area contributed by atoms with Crippen LogP contribution in [0.1, 0.15) is 32.8 Å². The molecule has 1 aromatic rings. The molecule has 7 nitrogen and oxygen atoms in total. The van der Waals surface area contributed by atoms with Crippen molar-refractivity contribution >= 4 is 12.0 Å². The van der Waals surface area contributed by atoms with Crippen molar-refractivity contribution < 1.29 is 19.1 Å². The van der Waals surface area contributed by atoms with Gasteiger partial charge in [0.2, 0.25) is 5.91 Å². The SMILES string of the molecule is CC(C)(C)OC(=O)N(CCC(=O)N1CCOCC1)Cc1ccncc1. The molecule has 2 rings (SSSR count). The van der Waals surface area contributed by atoms with Crippen LogP contribution in [0.2, 0.25) is 0 Å². The third-order valence-electron chi connectivity index (χ3n) is 3.73. The quantitative estimate of drug-likeness (QED) is 0.814. The van der Waals surface area contributed by atoms with Crippen molar-refractivity contribution in [2.24, 2.45) is 0 Å². The molecule has 138 valence electrons. The van der Waals surface area contributed by atoms with Crippen LogP contribution in [-0.2, 0) is 20.8 Å². The molecular weight excluding hydrogens is 322 g/mol. The van der Waals surface area contributed by atoms with Crippen molar-refractivity contribution in [3.05, 3.63) is 30.1 Å². The van der Waals surface area contributed by atoms with Gasteiger partial charge >= 0.3 is 6.09 Å². The second kappa shape index (κ2) is 8.80. The molecule has 0 saturated carbocycles. The molecule has 0 aromatic carbocycles. The minimum absolute atomic E-state index is 0.0339. The molecule has 25 heavy (non-hydrogen) atoms. The van der Waals surface area contributed by atoms with E-state index in [1.807, 2.05) is 32.9 Å². The first-order chi connectivity index (χ1) is 11.8.